The summed E-state index contributed by atoms with van der Waals surface area (Å²) in [5, 5.41) is 0. The summed E-state index contributed by atoms with van der Waals surface area (Å²) in [6, 6.07) is 4.94. The van der Waals surface area contributed by atoms with Crippen molar-refractivity contribution in [2.24, 2.45) is 5.73 Å². The Labute approximate surface area is 214 Å². The first kappa shape index (κ1) is 24.7. The highest BCUT2D eigenvalue weighted by Gasteiger charge is 2.49. The smallest absolute Gasteiger partial charge is 0.433 e. The van der Waals surface area contributed by atoms with Crippen LogP contribution < -0.4 is 25.8 Å². The molecule has 4 heterocycles. The molecule has 2 atom stereocenters. The lowest BCUT2D eigenvalue weighted by Crippen LogP contribution is -2.34. The van der Waals surface area contributed by atoms with E-state index in [1.165, 1.54) is 4.57 Å². The molecule has 2 aliphatic rings. The lowest BCUT2D eigenvalue weighted by Gasteiger charge is -2.25. The minimum atomic E-state index is -4.75. The van der Waals surface area contributed by atoms with Gasteiger partial charge in [0.2, 0.25) is 5.88 Å². The number of hydrogen-bond acceptors (Lipinski definition) is 7. The second-order valence-corrected chi connectivity index (χ2v) is 10.5. The van der Waals surface area contributed by atoms with E-state index in [1.807, 2.05) is 4.90 Å². The zero-order valence-electron chi connectivity index (χ0n) is 18.2. The van der Waals surface area contributed by atoms with E-state index in [9.17, 15) is 26.7 Å². The Morgan fingerprint density at radius 1 is 1.19 bits per heavy atom. The topological polar surface area (TPSA) is 95.5 Å². The number of hydrogen-bond donors (Lipinski definition) is 1. The van der Waals surface area contributed by atoms with Crippen molar-refractivity contribution >= 4 is 28.4 Å². The van der Waals surface area contributed by atoms with Gasteiger partial charge in [0, 0.05) is 30.9 Å². The number of rotatable bonds is 5. The molecule has 3 aromatic rings. The molecular weight excluding hydrogens is 604 g/mol. The average molecular weight is 621 g/mol. The van der Waals surface area contributed by atoms with Gasteiger partial charge in [-0.05, 0) is 30.2 Å². The number of alkyl halides is 4. The minimum absolute atomic E-state index is 0.0232. The fourth-order valence-corrected chi connectivity index (χ4v) is 5.63. The van der Waals surface area contributed by atoms with Crippen molar-refractivity contribution < 1.29 is 31.4 Å². The number of nitrogens with two attached hydrogens (primary N) is 1. The number of benzene rings is 1. The average Bonchev–Trinajstić information content (AvgIpc) is 3.23. The van der Waals surface area contributed by atoms with Gasteiger partial charge in [-0.1, -0.05) is 22.6 Å². The normalized spacial score (nSPS) is 20.9. The number of halogens is 6. The van der Waals surface area contributed by atoms with Crippen molar-refractivity contribution in [1.82, 2.24) is 14.5 Å². The summed E-state index contributed by atoms with van der Waals surface area (Å²) in [6.07, 6.45) is -3.22. The van der Waals surface area contributed by atoms with Gasteiger partial charge < -0.3 is 20.1 Å². The SMILES string of the molecule is N[C@H]1CN2c3cc(OCc4cc(F)c(Oc5ccnc(C(F)(F)F)c5)c(F)c4)nc(=O)n3C[C@@]2(I)C1. The third kappa shape index (κ3) is 4.58. The van der Waals surface area contributed by atoms with E-state index in [0.29, 0.717) is 31.4 Å². The largest absolute Gasteiger partial charge is 0.473 e. The van der Waals surface area contributed by atoms with E-state index in [-0.39, 0.29) is 27.6 Å². The standard InChI is InChI=1S/C22H17F5IN5O3/c23-14-3-11(4-15(24)19(14)36-13-1-2-30-16(5-13)22(25,26)27)9-35-17-6-18-32(20(34)31-17)10-21(28)7-12(29)8-33(18)21/h1-6,12H,7-10,29H2/t12-,21-/m1/s1. The van der Waals surface area contributed by atoms with Crippen LogP contribution in [0.25, 0.3) is 0 Å². The van der Waals surface area contributed by atoms with Gasteiger partial charge in [0.05, 0.1) is 6.54 Å². The van der Waals surface area contributed by atoms with Crippen LogP contribution in [0.3, 0.4) is 0 Å². The van der Waals surface area contributed by atoms with Gasteiger partial charge >= 0.3 is 11.9 Å². The van der Waals surface area contributed by atoms with Crippen LogP contribution in [0.2, 0.25) is 0 Å². The van der Waals surface area contributed by atoms with Crippen LogP contribution in [0.5, 0.6) is 17.4 Å². The molecule has 2 N–H and O–H groups in total. The summed E-state index contributed by atoms with van der Waals surface area (Å²) in [4.78, 5) is 21.6. The molecule has 1 fully saturated rings. The van der Waals surface area contributed by atoms with Crippen molar-refractivity contribution in [2.75, 3.05) is 11.4 Å². The van der Waals surface area contributed by atoms with Crippen LogP contribution >= 0.6 is 22.6 Å². The number of nitrogens with zero attached hydrogens (tertiary/aromatic N) is 4. The summed E-state index contributed by atoms with van der Waals surface area (Å²) < 4.78 is 79.4. The molecule has 8 nitrogen and oxygen atoms in total. The summed E-state index contributed by atoms with van der Waals surface area (Å²) in [5.74, 6) is -3.04. The molecule has 14 heteroatoms. The molecule has 1 aromatic carbocycles. The Balaban J connectivity index is 1.33. The van der Waals surface area contributed by atoms with Gasteiger partial charge in [-0.3, -0.25) is 9.55 Å². The van der Waals surface area contributed by atoms with E-state index in [2.05, 4.69) is 32.6 Å². The van der Waals surface area contributed by atoms with Gasteiger partial charge in [0.15, 0.2) is 17.4 Å². The number of pyridine rings is 1. The van der Waals surface area contributed by atoms with Gasteiger partial charge in [-0.2, -0.15) is 18.2 Å². The number of ether oxygens (including phenoxy) is 2. The van der Waals surface area contributed by atoms with Crippen LogP contribution in [0, 0.1) is 11.6 Å². The molecule has 0 spiro atoms. The van der Waals surface area contributed by atoms with Gasteiger partial charge in [0.25, 0.3) is 0 Å². The highest BCUT2D eigenvalue weighted by Crippen LogP contribution is 2.45. The molecular formula is C22H17F5IN5O3. The number of aromatic nitrogens is 3. The summed E-state index contributed by atoms with van der Waals surface area (Å²) in [5.41, 5.74) is 4.35. The summed E-state index contributed by atoms with van der Waals surface area (Å²) >= 11 is 2.27. The second kappa shape index (κ2) is 8.83. The van der Waals surface area contributed by atoms with Gasteiger partial charge in [0.1, 0.15) is 27.4 Å². The first-order chi connectivity index (χ1) is 16.9. The van der Waals surface area contributed by atoms with Crippen LogP contribution in [-0.2, 0) is 19.3 Å². The first-order valence-electron chi connectivity index (χ1n) is 10.6. The third-order valence-electron chi connectivity index (χ3n) is 5.81. The maximum absolute atomic E-state index is 14.6. The molecule has 2 aromatic heterocycles. The molecule has 0 amide bonds. The molecule has 5 rings (SSSR count). The molecule has 0 aliphatic carbocycles. The zero-order valence-corrected chi connectivity index (χ0v) is 20.4. The minimum Gasteiger partial charge on any atom is -0.473 e. The Hall–Kier alpha value is -3.01. The second-order valence-electron chi connectivity index (χ2n) is 8.47. The van der Waals surface area contributed by atoms with Crippen molar-refractivity contribution in [3.63, 3.8) is 0 Å². The summed E-state index contributed by atoms with van der Waals surface area (Å²) in [6.45, 7) is 0.667. The lowest BCUT2D eigenvalue weighted by atomic mass is 10.2. The highest BCUT2D eigenvalue weighted by molar-refractivity contribution is 14.1. The van der Waals surface area contributed by atoms with Crippen LogP contribution in [-0.4, -0.2) is 30.7 Å². The Morgan fingerprint density at radius 2 is 1.92 bits per heavy atom. The monoisotopic (exact) mass is 621 g/mol. The zero-order chi connectivity index (χ0) is 25.8. The van der Waals surface area contributed by atoms with E-state index >= 15 is 0 Å². The quantitative estimate of drug-likeness (QED) is 0.199. The number of anilines is 1. The molecule has 0 bridgehead atoms. The van der Waals surface area contributed by atoms with Crippen molar-refractivity contribution in [3.8, 4) is 17.4 Å². The van der Waals surface area contributed by atoms with Crippen molar-refractivity contribution in [1.29, 1.82) is 0 Å². The fraction of sp³-hybridized carbons (Fsp3) is 0.318. The van der Waals surface area contributed by atoms with Gasteiger partial charge in [-0.15, -0.1) is 0 Å². The lowest BCUT2D eigenvalue weighted by molar-refractivity contribution is -0.141. The van der Waals surface area contributed by atoms with E-state index in [1.54, 1.807) is 6.07 Å². The van der Waals surface area contributed by atoms with Crippen LogP contribution in [0.15, 0.2) is 41.3 Å². The Bertz CT molecular complexity index is 1380. The molecule has 190 valence electrons. The summed E-state index contributed by atoms with van der Waals surface area (Å²) in [7, 11) is 0. The third-order valence-corrected chi connectivity index (χ3v) is 7.17. The van der Waals surface area contributed by atoms with E-state index < -0.39 is 40.7 Å². The predicted molar refractivity (Wildman–Crippen MR) is 125 cm³/mol. The van der Waals surface area contributed by atoms with E-state index in [0.717, 1.165) is 24.4 Å². The Kier molecular flexibility index (Phi) is 6.05. The first-order valence-corrected chi connectivity index (χ1v) is 11.7. The highest BCUT2D eigenvalue weighted by atomic mass is 127. The maximum atomic E-state index is 14.6. The van der Waals surface area contributed by atoms with Crippen molar-refractivity contribution in [3.05, 3.63) is 69.9 Å². The maximum Gasteiger partial charge on any atom is 0.433 e. The van der Waals surface area contributed by atoms with Gasteiger partial charge in [-0.25, -0.2) is 13.6 Å². The molecule has 0 radical (unpaired) electrons. The molecule has 2 aliphatic heterocycles. The van der Waals surface area contributed by atoms with E-state index in [4.69, 9.17) is 15.2 Å². The fourth-order valence-electron chi connectivity index (χ4n) is 4.28. The van der Waals surface area contributed by atoms with Crippen LogP contribution in [0.4, 0.5) is 27.8 Å². The Morgan fingerprint density at radius 3 is 2.61 bits per heavy atom. The predicted octanol–water partition coefficient (Wildman–Crippen LogP) is 3.99. The molecule has 36 heavy (non-hydrogen) atoms. The molecule has 1 saturated heterocycles. The number of fused-ring (bicyclic) bond motifs is 3. The molecule has 0 unspecified atom stereocenters. The van der Waals surface area contributed by atoms with Crippen molar-refractivity contribution in [2.45, 2.75) is 35.3 Å². The molecule has 0 saturated carbocycles. The van der Waals surface area contributed by atoms with Crippen LogP contribution in [0.1, 0.15) is 17.7 Å².